The number of rotatable bonds is 6. The molecule has 8 heteroatoms. The van der Waals surface area contributed by atoms with Crippen LogP contribution >= 0.6 is 35.6 Å². The largest absolute Gasteiger partial charge is 0.450 e. The fourth-order valence-corrected chi connectivity index (χ4v) is 3.01. The molecule has 0 radical (unpaired) electrons. The molecule has 1 fully saturated rings. The van der Waals surface area contributed by atoms with Crippen LogP contribution in [0, 0.1) is 0 Å². The highest BCUT2D eigenvalue weighted by Gasteiger charge is 2.21. The summed E-state index contributed by atoms with van der Waals surface area (Å²) in [5.74, 6) is 0.0406. The maximum absolute atomic E-state index is 12.0. The Balaban J connectivity index is 0.00000338. The Labute approximate surface area is 170 Å². The first-order valence-electron chi connectivity index (χ1n) is 8.29. The lowest BCUT2D eigenvalue weighted by atomic mass is 10.1. The van der Waals surface area contributed by atoms with Gasteiger partial charge in [-0.05, 0) is 36.8 Å². The molecule has 1 heterocycles. The Morgan fingerprint density at radius 1 is 1.19 bits per heavy atom. The van der Waals surface area contributed by atoms with Crippen molar-refractivity contribution < 1.29 is 14.3 Å². The van der Waals surface area contributed by atoms with Gasteiger partial charge in [0.05, 0.1) is 6.61 Å². The second kappa shape index (κ2) is 11.4. The predicted molar refractivity (Wildman–Crippen MR) is 107 cm³/mol. The normalized spacial score (nSPS) is 15.0. The third kappa shape index (κ3) is 7.16. The van der Waals surface area contributed by atoms with E-state index >= 15 is 0 Å². The molecule has 144 valence electrons. The first kappa shape index (κ1) is 22.8. The SMILES string of the molecule is CCOC(=O)N1CCN(CCC(=O)C=Cc2ccc(Cl)cc2Cl)CC1.Cl. The summed E-state index contributed by atoms with van der Waals surface area (Å²) in [4.78, 5) is 27.5. The van der Waals surface area contributed by atoms with Gasteiger partial charge < -0.3 is 9.64 Å². The van der Waals surface area contributed by atoms with Crippen molar-refractivity contribution in [3.63, 3.8) is 0 Å². The van der Waals surface area contributed by atoms with Crippen molar-refractivity contribution >= 4 is 53.6 Å². The molecule has 1 saturated heterocycles. The lowest BCUT2D eigenvalue weighted by Crippen LogP contribution is -2.49. The molecule has 0 spiro atoms. The highest BCUT2D eigenvalue weighted by atomic mass is 35.5. The first-order valence-corrected chi connectivity index (χ1v) is 9.05. The maximum Gasteiger partial charge on any atom is 0.409 e. The van der Waals surface area contributed by atoms with Crippen LogP contribution in [0.2, 0.25) is 10.0 Å². The Kier molecular flexibility index (Phi) is 10.0. The molecule has 1 aromatic carbocycles. The molecule has 1 aliphatic heterocycles. The van der Waals surface area contributed by atoms with E-state index in [1.54, 1.807) is 42.2 Å². The molecule has 0 aromatic heterocycles. The van der Waals surface area contributed by atoms with Gasteiger partial charge >= 0.3 is 6.09 Å². The minimum Gasteiger partial charge on any atom is -0.450 e. The van der Waals surface area contributed by atoms with Gasteiger partial charge in [-0.2, -0.15) is 0 Å². The van der Waals surface area contributed by atoms with Crippen molar-refractivity contribution in [2.24, 2.45) is 0 Å². The number of piperazine rings is 1. The second-order valence-electron chi connectivity index (χ2n) is 5.74. The van der Waals surface area contributed by atoms with Crippen LogP contribution in [0.25, 0.3) is 6.08 Å². The van der Waals surface area contributed by atoms with Gasteiger partial charge in [-0.15, -0.1) is 12.4 Å². The number of ether oxygens (including phenoxy) is 1. The number of nitrogens with zero attached hydrogens (tertiary/aromatic N) is 2. The number of ketones is 1. The van der Waals surface area contributed by atoms with Gasteiger partial charge in [0.1, 0.15) is 0 Å². The molecular weight excluding hydrogens is 399 g/mol. The highest BCUT2D eigenvalue weighted by Crippen LogP contribution is 2.22. The fraction of sp³-hybridized carbons (Fsp3) is 0.444. The van der Waals surface area contributed by atoms with E-state index in [9.17, 15) is 9.59 Å². The standard InChI is InChI=1S/C18H22Cl2N2O3.ClH/c1-2-25-18(24)22-11-9-21(10-12-22)8-7-16(23)6-4-14-3-5-15(19)13-17(14)20;/h3-6,13H,2,7-12H2,1H3;1H. The summed E-state index contributed by atoms with van der Waals surface area (Å²) in [5, 5.41) is 1.09. The van der Waals surface area contributed by atoms with Crippen molar-refractivity contribution in [2.75, 3.05) is 39.3 Å². The van der Waals surface area contributed by atoms with Crippen LogP contribution < -0.4 is 0 Å². The number of halogens is 3. The zero-order valence-electron chi connectivity index (χ0n) is 14.6. The van der Waals surface area contributed by atoms with Crippen LogP contribution in [0.4, 0.5) is 4.79 Å². The lowest BCUT2D eigenvalue weighted by Gasteiger charge is -2.33. The maximum atomic E-state index is 12.0. The van der Waals surface area contributed by atoms with Crippen LogP contribution in [0.5, 0.6) is 0 Å². The molecular formula is C18H23Cl3N2O3. The van der Waals surface area contributed by atoms with E-state index in [2.05, 4.69) is 4.90 Å². The van der Waals surface area contributed by atoms with E-state index in [1.165, 1.54) is 0 Å². The van der Waals surface area contributed by atoms with E-state index in [1.807, 2.05) is 0 Å². The Bertz CT molecular complexity index is 645. The summed E-state index contributed by atoms with van der Waals surface area (Å²) in [7, 11) is 0. The van der Waals surface area contributed by atoms with Crippen LogP contribution in [0.1, 0.15) is 18.9 Å². The van der Waals surface area contributed by atoms with Crippen molar-refractivity contribution in [1.29, 1.82) is 0 Å². The van der Waals surface area contributed by atoms with Gasteiger partial charge in [0, 0.05) is 49.2 Å². The number of hydrogen-bond acceptors (Lipinski definition) is 4. The van der Waals surface area contributed by atoms with Crippen molar-refractivity contribution in [3.8, 4) is 0 Å². The van der Waals surface area contributed by atoms with E-state index in [-0.39, 0.29) is 24.3 Å². The number of carbonyl (C=O) groups excluding carboxylic acids is 2. The molecule has 0 aliphatic carbocycles. The summed E-state index contributed by atoms with van der Waals surface area (Å²) in [6.07, 6.45) is 3.42. The molecule has 2 rings (SSSR count). The quantitative estimate of drug-likeness (QED) is 0.647. The van der Waals surface area contributed by atoms with Gasteiger partial charge in [0.2, 0.25) is 0 Å². The van der Waals surface area contributed by atoms with E-state index in [4.69, 9.17) is 27.9 Å². The summed E-state index contributed by atoms with van der Waals surface area (Å²) in [6.45, 7) is 5.61. The summed E-state index contributed by atoms with van der Waals surface area (Å²) in [5.41, 5.74) is 0.766. The minimum absolute atomic E-state index is 0. The molecule has 1 aliphatic rings. The molecule has 0 unspecified atom stereocenters. The van der Waals surface area contributed by atoms with Gasteiger partial charge in [-0.3, -0.25) is 9.69 Å². The van der Waals surface area contributed by atoms with Crippen LogP contribution in [-0.2, 0) is 9.53 Å². The Morgan fingerprint density at radius 3 is 2.50 bits per heavy atom. The topological polar surface area (TPSA) is 49.9 Å². The summed E-state index contributed by atoms with van der Waals surface area (Å²) < 4.78 is 4.99. The summed E-state index contributed by atoms with van der Waals surface area (Å²) in [6, 6.07) is 5.17. The van der Waals surface area contributed by atoms with Gasteiger partial charge in [0.15, 0.2) is 5.78 Å². The van der Waals surface area contributed by atoms with Crippen molar-refractivity contribution in [1.82, 2.24) is 9.80 Å². The molecule has 1 aromatic rings. The Hall–Kier alpha value is -1.27. The smallest absolute Gasteiger partial charge is 0.409 e. The molecule has 0 N–H and O–H groups in total. The second-order valence-corrected chi connectivity index (χ2v) is 6.59. The van der Waals surface area contributed by atoms with Gasteiger partial charge in [-0.1, -0.05) is 29.3 Å². The van der Waals surface area contributed by atoms with E-state index in [0.717, 1.165) is 18.7 Å². The predicted octanol–water partition coefficient (Wildman–Crippen LogP) is 4.16. The average molecular weight is 422 g/mol. The van der Waals surface area contributed by atoms with Gasteiger partial charge in [0.25, 0.3) is 0 Å². The fourth-order valence-electron chi connectivity index (χ4n) is 2.54. The van der Waals surface area contributed by atoms with Crippen LogP contribution in [-0.4, -0.2) is 61.0 Å². The number of carbonyl (C=O) groups is 2. The van der Waals surface area contributed by atoms with Crippen LogP contribution in [0.15, 0.2) is 24.3 Å². The molecule has 26 heavy (non-hydrogen) atoms. The molecule has 5 nitrogen and oxygen atoms in total. The average Bonchev–Trinajstić information content (AvgIpc) is 2.60. The minimum atomic E-state index is -0.263. The zero-order chi connectivity index (χ0) is 18.2. The Morgan fingerprint density at radius 2 is 1.88 bits per heavy atom. The lowest BCUT2D eigenvalue weighted by molar-refractivity contribution is -0.115. The number of allylic oxidation sites excluding steroid dienone is 1. The number of hydrogen-bond donors (Lipinski definition) is 0. The number of benzene rings is 1. The van der Waals surface area contributed by atoms with Crippen LogP contribution in [0.3, 0.4) is 0 Å². The molecule has 1 amide bonds. The summed E-state index contributed by atoms with van der Waals surface area (Å²) >= 11 is 11.9. The first-order chi connectivity index (χ1) is 12.0. The van der Waals surface area contributed by atoms with E-state index < -0.39 is 0 Å². The monoisotopic (exact) mass is 420 g/mol. The third-order valence-corrected chi connectivity index (χ3v) is 4.55. The van der Waals surface area contributed by atoms with E-state index in [0.29, 0.717) is 42.7 Å². The van der Waals surface area contributed by atoms with Gasteiger partial charge in [-0.25, -0.2) is 4.79 Å². The molecule has 0 bridgehead atoms. The third-order valence-electron chi connectivity index (χ3n) is 3.98. The molecule has 0 atom stereocenters. The zero-order valence-corrected chi connectivity index (χ0v) is 16.9. The van der Waals surface area contributed by atoms with Crippen molar-refractivity contribution in [3.05, 3.63) is 39.9 Å². The number of amides is 1. The highest BCUT2D eigenvalue weighted by molar-refractivity contribution is 6.35. The van der Waals surface area contributed by atoms with Crippen molar-refractivity contribution in [2.45, 2.75) is 13.3 Å². The molecule has 0 saturated carbocycles.